The molecule has 0 unspecified atom stereocenters. The number of carbonyl (C=O) groups is 1. The van der Waals surface area contributed by atoms with Crippen molar-refractivity contribution >= 4 is 17.5 Å². The summed E-state index contributed by atoms with van der Waals surface area (Å²) in [5.41, 5.74) is 3.23. The molecule has 0 aliphatic rings. The molecule has 1 heterocycles. The van der Waals surface area contributed by atoms with Crippen molar-refractivity contribution in [3.8, 4) is 17.2 Å². The van der Waals surface area contributed by atoms with Gasteiger partial charge in [0.15, 0.2) is 0 Å². The number of benzene rings is 2. The van der Waals surface area contributed by atoms with Gasteiger partial charge >= 0.3 is 0 Å². The predicted molar refractivity (Wildman–Crippen MR) is 125 cm³/mol. The van der Waals surface area contributed by atoms with Gasteiger partial charge < -0.3 is 5.32 Å². The average Bonchev–Trinajstić information content (AvgIpc) is 2.77. The quantitative estimate of drug-likeness (QED) is 0.560. The highest BCUT2D eigenvalue weighted by molar-refractivity contribution is 6.30. The highest BCUT2D eigenvalue weighted by atomic mass is 35.5. The van der Waals surface area contributed by atoms with Gasteiger partial charge in [0.1, 0.15) is 0 Å². The summed E-state index contributed by atoms with van der Waals surface area (Å²) in [5, 5.41) is 16.8. The van der Waals surface area contributed by atoms with Crippen molar-refractivity contribution in [2.24, 2.45) is 5.92 Å². The molecule has 0 atom stereocenters. The number of nitrogens with zero attached hydrogens (tertiary/aromatic N) is 3. The summed E-state index contributed by atoms with van der Waals surface area (Å²) in [7, 11) is 0. The van der Waals surface area contributed by atoms with Crippen LogP contribution in [-0.2, 0) is 30.7 Å². The second-order valence-electron chi connectivity index (χ2n) is 7.99. The number of rotatable bonds is 8. The van der Waals surface area contributed by atoms with Crippen molar-refractivity contribution in [1.29, 1.82) is 5.26 Å². The molecule has 3 rings (SSSR count). The molecule has 0 aliphatic heterocycles. The van der Waals surface area contributed by atoms with Gasteiger partial charge in [0, 0.05) is 29.2 Å². The minimum atomic E-state index is -0.288. The lowest BCUT2D eigenvalue weighted by Crippen LogP contribution is -2.33. The number of hydrogen-bond donors (Lipinski definition) is 1. The molecule has 1 aromatic heterocycles. The van der Waals surface area contributed by atoms with Gasteiger partial charge in [-0.25, -0.2) is 4.68 Å². The second kappa shape index (κ2) is 10.7. The summed E-state index contributed by atoms with van der Waals surface area (Å²) in [6.45, 7) is 4.72. The van der Waals surface area contributed by atoms with Crippen molar-refractivity contribution in [3.05, 3.63) is 86.8 Å². The average molecular weight is 449 g/mol. The van der Waals surface area contributed by atoms with Crippen LogP contribution in [-0.4, -0.2) is 15.7 Å². The normalized spacial score (nSPS) is 10.7. The van der Waals surface area contributed by atoms with E-state index in [1.165, 1.54) is 4.68 Å². The van der Waals surface area contributed by atoms with Crippen LogP contribution in [0.4, 0.5) is 0 Å². The standard InChI is InChI=1S/C25H25ClN4O2/c1-17(2)16-30-25(32)22(23(15-29-30)19-6-4-3-5-7-19)13-24(31)28-14-20-12-21(26)9-8-18(20)10-11-27/h3-9,12,15,17H,10,13-14,16H2,1-2H3,(H,28,31). The second-order valence-corrected chi connectivity index (χ2v) is 8.42. The Balaban J connectivity index is 1.87. The number of nitriles is 1. The molecule has 0 bridgehead atoms. The first-order chi connectivity index (χ1) is 15.4. The van der Waals surface area contributed by atoms with Crippen molar-refractivity contribution < 1.29 is 4.79 Å². The van der Waals surface area contributed by atoms with Gasteiger partial charge in [-0.05, 0) is 34.7 Å². The zero-order valence-electron chi connectivity index (χ0n) is 18.1. The number of hydrogen-bond acceptors (Lipinski definition) is 4. The van der Waals surface area contributed by atoms with E-state index < -0.39 is 0 Å². The number of carbonyl (C=O) groups excluding carboxylic acids is 1. The molecule has 0 saturated heterocycles. The maximum atomic E-state index is 13.2. The lowest BCUT2D eigenvalue weighted by atomic mass is 10.00. The summed E-state index contributed by atoms with van der Waals surface area (Å²) >= 11 is 6.08. The summed E-state index contributed by atoms with van der Waals surface area (Å²) in [6, 6.07) is 16.8. The smallest absolute Gasteiger partial charge is 0.271 e. The molecule has 3 aromatic rings. The van der Waals surface area contributed by atoms with E-state index >= 15 is 0 Å². The van der Waals surface area contributed by atoms with Crippen LogP contribution in [0, 0.1) is 17.2 Å². The molecule has 6 nitrogen and oxygen atoms in total. The molecule has 0 aliphatic carbocycles. The van der Waals surface area contributed by atoms with Crippen molar-refractivity contribution in [2.75, 3.05) is 0 Å². The van der Waals surface area contributed by atoms with Crippen LogP contribution in [0.1, 0.15) is 30.5 Å². The van der Waals surface area contributed by atoms with Crippen molar-refractivity contribution in [3.63, 3.8) is 0 Å². The Morgan fingerprint density at radius 2 is 1.94 bits per heavy atom. The Morgan fingerprint density at radius 1 is 1.19 bits per heavy atom. The van der Waals surface area contributed by atoms with Crippen LogP contribution in [0.3, 0.4) is 0 Å². The molecule has 0 spiro atoms. The van der Waals surface area contributed by atoms with Crippen LogP contribution >= 0.6 is 11.6 Å². The van der Waals surface area contributed by atoms with E-state index in [1.807, 2.05) is 44.2 Å². The first kappa shape index (κ1) is 23.2. The zero-order chi connectivity index (χ0) is 23.1. The van der Waals surface area contributed by atoms with E-state index in [0.29, 0.717) is 22.7 Å². The molecule has 0 saturated carbocycles. The fraction of sp³-hybridized carbons (Fsp3) is 0.280. The Labute approximate surface area is 192 Å². The van der Waals surface area contributed by atoms with Gasteiger partial charge in [-0.3, -0.25) is 9.59 Å². The van der Waals surface area contributed by atoms with E-state index in [2.05, 4.69) is 16.5 Å². The number of amides is 1. The molecular weight excluding hydrogens is 424 g/mol. The molecule has 1 amide bonds. The topological polar surface area (TPSA) is 87.8 Å². The van der Waals surface area contributed by atoms with Crippen molar-refractivity contribution in [2.45, 2.75) is 39.8 Å². The largest absolute Gasteiger partial charge is 0.352 e. The van der Waals surface area contributed by atoms with Gasteiger partial charge in [-0.15, -0.1) is 0 Å². The first-order valence-electron chi connectivity index (χ1n) is 10.4. The monoisotopic (exact) mass is 448 g/mol. The van der Waals surface area contributed by atoms with E-state index in [0.717, 1.165) is 16.7 Å². The van der Waals surface area contributed by atoms with Crippen LogP contribution < -0.4 is 10.9 Å². The van der Waals surface area contributed by atoms with Gasteiger partial charge in [0.05, 0.1) is 25.1 Å². The first-order valence-corrected chi connectivity index (χ1v) is 10.8. The third kappa shape index (κ3) is 5.83. The SMILES string of the molecule is CC(C)Cn1ncc(-c2ccccc2)c(CC(=O)NCc2cc(Cl)ccc2CC#N)c1=O. The zero-order valence-corrected chi connectivity index (χ0v) is 18.9. The van der Waals surface area contributed by atoms with Crippen LogP contribution in [0.5, 0.6) is 0 Å². The van der Waals surface area contributed by atoms with Gasteiger partial charge in [-0.2, -0.15) is 10.4 Å². The van der Waals surface area contributed by atoms with Crippen LogP contribution in [0.15, 0.2) is 59.5 Å². The molecule has 0 radical (unpaired) electrons. The molecule has 32 heavy (non-hydrogen) atoms. The predicted octanol–water partition coefficient (Wildman–Crippen LogP) is 4.14. The van der Waals surface area contributed by atoms with Gasteiger partial charge in [0.2, 0.25) is 5.91 Å². The highest BCUT2D eigenvalue weighted by Crippen LogP contribution is 2.21. The Morgan fingerprint density at radius 3 is 2.62 bits per heavy atom. The summed E-state index contributed by atoms with van der Waals surface area (Å²) in [5.74, 6) is -0.0460. The lowest BCUT2D eigenvalue weighted by molar-refractivity contribution is -0.120. The van der Waals surface area contributed by atoms with Gasteiger partial charge in [-0.1, -0.05) is 61.8 Å². The molecule has 0 fully saturated rings. The van der Waals surface area contributed by atoms with Crippen molar-refractivity contribution in [1.82, 2.24) is 15.1 Å². The molecular formula is C25H25ClN4O2. The fourth-order valence-corrected chi connectivity index (χ4v) is 3.67. The summed E-state index contributed by atoms with van der Waals surface area (Å²) in [6.07, 6.45) is 1.81. The molecule has 164 valence electrons. The summed E-state index contributed by atoms with van der Waals surface area (Å²) in [4.78, 5) is 26.0. The maximum Gasteiger partial charge on any atom is 0.271 e. The molecule has 1 N–H and O–H groups in total. The fourth-order valence-electron chi connectivity index (χ4n) is 3.48. The Kier molecular flexibility index (Phi) is 7.80. The van der Waals surface area contributed by atoms with E-state index in [1.54, 1.807) is 24.4 Å². The minimum absolute atomic E-state index is 0.0716. The van der Waals surface area contributed by atoms with E-state index in [9.17, 15) is 9.59 Å². The summed E-state index contributed by atoms with van der Waals surface area (Å²) < 4.78 is 1.42. The van der Waals surface area contributed by atoms with E-state index in [4.69, 9.17) is 16.9 Å². The van der Waals surface area contributed by atoms with Crippen LogP contribution in [0.2, 0.25) is 5.02 Å². The maximum absolute atomic E-state index is 13.2. The molecule has 2 aromatic carbocycles. The minimum Gasteiger partial charge on any atom is -0.352 e. The number of aromatic nitrogens is 2. The third-order valence-electron chi connectivity index (χ3n) is 5.02. The Hall–Kier alpha value is -3.43. The van der Waals surface area contributed by atoms with Crippen LogP contribution in [0.25, 0.3) is 11.1 Å². The number of halogens is 1. The number of nitrogens with one attached hydrogen (secondary N) is 1. The Bertz CT molecular complexity index is 1200. The lowest BCUT2D eigenvalue weighted by Gasteiger charge is -2.14. The highest BCUT2D eigenvalue weighted by Gasteiger charge is 2.17. The third-order valence-corrected chi connectivity index (χ3v) is 5.25. The van der Waals surface area contributed by atoms with E-state index in [-0.39, 0.29) is 36.8 Å². The molecule has 7 heteroatoms. The van der Waals surface area contributed by atoms with Gasteiger partial charge in [0.25, 0.3) is 5.56 Å².